The van der Waals surface area contributed by atoms with Crippen LogP contribution in [0.15, 0.2) is 71.3 Å². The second-order valence-corrected chi connectivity index (χ2v) is 7.13. The average molecular weight is 338 g/mol. The van der Waals surface area contributed by atoms with E-state index in [2.05, 4.69) is 92.3 Å². The van der Waals surface area contributed by atoms with Gasteiger partial charge in [0.1, 0.15) is 18.2 Å². The van der Waals surface area contributed by atoms with E-state index in [4.69, 9.17) is 4.42 Å². The Morgan fingerprint density at radius 1 is 0.808 bits per heavy atom. The SMILES string of the molecule is Cc1cc[n+](C)c(-c2cc3oc4ccc5ccccc5c4c3cc2C)c1. The molecule has 5 aromatic rings. The summed E-state index contributed by atoms with van der Waals surface area (Å²) < 4.78 is 8.40. The van der Waals surface area contributed by atoms with Crippen LogP contribution >= 0.6 is 0 Å². The molecule has 0 unspecified atom stereocenters. The van der Waals surface area contributed by atoms with Crippen molar-refractivity contribution in [2.45, 2.75) is 13.8 Å². The van der Waals surface area contributed by atoms with Crippen LogP contribution in [0.2, 0.25) is 0 Å². The highest BCUT2D eigenvalue weighted by molar-refractivity contribution is 6.19. The molecule has 26 heavy (non-hydrogen) atoms. The standard InChI is InChI=1S/C24H20NO/c1-15-10-11-25(3)21(12-15)19-14-23-20(13-16(19)2)24-18-7-5-4-6-17(18)8-9-22(24)26-23/h4-14H,1-3H3/q+1. The fraction of sp³-hybridized carbons (Fsp3) is 0.125. The molecule has 0 saturated carbocycles. The van der Waals surface area contributed by atoms with Gasteiger partial charge in [-0.15, -0.1) is 0 Å². The summed E-state index contributed by atoms with van der Waals surface area (Å²) in [6.45, 7) is 4.31. The van der Waals surface area contributed by atoms with Gasteiger partial charge in [0.15, 0.2) is 6.20 Å². The Labute approximate surface area is 152 Å². The number of pyridine rings is 1. The molecule has 0 atom stereocenters. The van der Waals surface area contributed by atoms with Gasteiger partial charge in [-0.05, 0) is 53.9 Å². The van der Waals surface area contributed by atoms with Crippen LogP contribution in [0.3, 0.4) is 0 Å². The first-order chi connectivity index (χ1) is 12.6. The number of aromatic nitrogens is 1. The largest absolute Gasteiger partial charge is 0.456 e. The summed E-state index contributed by atoms with van der Waals surface area (Å²) in [5.41, 5.74) is 6.83. The first kappa shape index (κ1) is 15.2. The van der Waals surface area contributed by atoms with Gasteiger partial charge in [0.25, 0.3) is 0 Å². The molecule has 0 fully saturated rings. The Kier molecular flexibility index (Phi) is 3.17. The lowest BCUT2D eigenvalue weighted by Crippen LogP contribution is -2.30. The van der Waals surface area contributed by atoms with Crippen LogP contribution in [-0.2, 0) is 7.05 Å². The number of rotatable bonds is 1. The summed E-state index contributed by atoms with van der Waals surface area (Å²) in [4.78, 5) is 0. The van der Waals surface area contributed by atoms with Crippen molar-refractivity contribution in [3.63, 3.8) is 0 Å². The van der Waals surface area contributed by atoms with Crippen LogP contribution in [0.4, 0.5) is 0 Å². The van der Waals surface area contributed by atoms with E-state index < -0.39 is 0 Å². The number of aryl methyl sites for hydroxylation is 3. The normalized spacial score (nSPS) is 11.7. The van der Waals surface area contributed by atoms with Crippen molar-refractivity contribution in [3.8, 4) is 11.3 Å². The molecule has 2 heteroatoms. The number of furan rings is 1. The van der Waals surface area contributed by atoms with E-state index in [9.17, 15) is 0 Å². The number of fused-ring (bicyclic) bond motifs is 5. The van der Waals surface area contributed by atoms with Crippen molar-refractivity contribution >= 4 is 32.7 Å². The van der Waals surface area contributed by atoms with Crippen molar-refractivity contribution in [2.24, 2.45) is 7.05 Å². The topological polar surface area (TPSA) is 17.0 Å². The van der Waals surface area contributed by atoms with Gasteiger partial charge in [0.2, 0.25) is 5.69 Å². The summed E-state index contributed by atoms with van der Waals surface area (Å²) >= 11 is 0. The van der Waals surface area contributed by atoms with E-state index >= 15 is 0 Å². The monoisotopic (exact) mass is 338 g/mol. The second kappa shape index (κ2) is 5.43. The molecule has 2 nitrogen and oxygen atoms in total. The van der Waals surface area contributed by atoms with Crippen LogP contribution in [-0.4, -0.2) is 0 Å². The molecule has 0 aliphatic heterocycles. The van der Waals surface area contributed by atoms with Crippen molar-refractivity contribution in [1.29, 1.82) is 0 Å². The quantitative estimate of drug-likeness (QED) is 0.351. The molecule has 0 aliphatic carbocycles. The fourth-order valence-electron chi connectivity index (χ4n) is 3.92. The molecule has 2 heterocycles. The first-order valence-electron chi connectivity index (χ1n) is 8.93. The Balaban J connectivity index is 1.87. The zero-order valence-corrected chi connectivity index (χ0v) is 15.2. The number of hydrogen-bond acceptors (Lipinski definition) is 1. The van der Waals surface area contributed by atoms with Gasteiger partial charge in [-0.1, -0.05) is 30.3 Å². The van der Waals surface area contributed by atoms with Crippen LogP contribution in [0.5, 0.6) is 0 Å². The average Bonchev–Trinajstić information content (AvgIpc) is 3.01. The van der Waals surface area contributed by atoms with Crippen LogP contribution in [0, 0.1) is 13.8 Å². The van der Waals surface area contributed by atoms with Crippen molar-refractivity contribution in [2.75, 3.05) is 0 Å². The summed E-state index contributed by atoms with van der Waals surface area (Å²) in [5, 5.41) is 4.89. The lowest BCUT2D eigenvalue weighted by Gasteiger charge is -2.06. The molecule has 126 valence electrons. The zero-order chi connectivity index (χ0) is 17.8. The molecule has 0 spiro atoms. The predicted molar refractivity (Wildman–Crippen MR) is 107 cm³/mol. The van der Waals surface area contributed by atoms with Crippen LogP contribution in [0.25, 0.3) is 44.0 Å². The van der Waals surface area contributed by atoms with Crippen LogP contribution in [0.1, 0.15) is 11.1 Å². The molecule has 5 rings (SSSR count). The highest BCUT2D eigenvalue weighted by Gasteiger charge is 2.17. The van der Waals surface area contributed by atoms with Gasteiger partial charge in [-0.25, -0.2) is 4.57 Å². The van der Waals surface area contributed by atoms with Gasteiger partial charge in [0.05, 0.1) is 5.56 Å². The van der Waals surface area contributed by atoms with Crippen molar-refractivity contribution < 1.29 is 8.98 Å². The smallest absolute Gasteiger partial charge is 0.212 e. The molecule has 0 bridgehead atoms. The van der Waals surface area contributed by atoms with Crippen LogP contribution < -0.4 is 4.57 Å². The molecule has 0 radical (unpaired) electrons. The van der Waals surface area contributed by atoms with E-state index in [1.807, 2.05) is 0 Å². The first-order valence-corrected chi connectivity index (χ1v) is 8.93. The second-order valence-electron chi connectivity index (χ2n) is 7.13. The third-order valence-corrected chi connectivity index (χ3v) is 5.29. The number of hydrogen-bond donors (Lipinski definition) is 0. The number of nitrogens with zero attached hydrogens (tertiary/aromatic N) is 1. The molecular formula is C24H20NO+. The minimum absolute atomic E-state index is 0.943. The summed E-state index contributed by atoms with van der Waals surface area (Å²) in [6, 6.07) is 21.5. The predicted octanol–water partition coefficient (Wildman–Crippen LogP) is 5.85. The lowest BCUT2D eigenvalue weighted by molar-refractivity contribution is -0.660. The van der Waals surface area contributed by atoms with Gasteiger partial charge >= 0.3 is 0 Å². The maximum atomic E-state index is 6.24. The van der Waals surface area contributed by atoms with Gasteiger partial charge in [0, 0.05) is 22.9 Å². The molecule has 2 aromatic heterocycles. The molecule has 0 N–H and O–H groups in total. The minimum Gasteiger partial charge on any atom is -0.456 e. The fourth-order valence-corrected chi connectivity index (χ4v) is 3.92. The minimum atomic E-state index is 0.943. The van der Waals surface area contributed by atoms with Gasteiger partial charge < -0.3 is 4.42 Å². The molecule has 3 aromatic carbocycles. The third kappa shape index (κ3) is 2.15. The lowest BCUT2D eigenvalue weighted by atomic mass is 9.98. The van der Waals surface area contributed by atoms with E-state index in [0.29, 0.717) is 0 Å². The zero-order valence-electron chi connectivity index (χ0n) is 15.2. The molecule has 0 saturated heterocycles. The summed E-state index contributed by atoms with van der Waals surface area (Å²) in [7, 11) is 2.09. The highest BCUT2D eigenvalue weighted by atomic mass is 16.3. The van der Waals surface area contributed by atoms with E-state index in [1.54, 1.807) is 0 Å². The maximum absolute atomic E-state index is 6.24. The van der Waals surface area contributed by atoms with Crippen molar-refractivity contribution in [1.82, 2.24) is 0 Å². The Morgan fingerprint density at radius 2 is 1.65 bits per heavy atom. The maximum Gasteiger partial charge on any atom is 0.212 e. The Hall–Kier alpha value is -3.13. The van der Waals surface area contributed by atoms with Gasteiger partial charge in [-0.3, -0.25) is 0 Å². The van der Waals surface area contributed by atoms with E-state index in [0.717, 1.165) is 11.2 Å². The Bertz CT molecular complexity index is 1310. The third-order valence-electron chi connectivity index (χ3n) is 5.29. The summed E-state index contributed by atoms with van der Waals surface area (Å²) in [5.74, 6) is 0. The van der Waals surface area contributed by atoms with E-state index in [1.165, 1.54) is 43.9 Å². The highest BCUT2D eigenvalue weighted by Crippen LogP contribution is 2.37. The molecule has 0 aliphatic rings. The molecule has 0 amide bonds. The van der Waals surface area contributed by atoms with E-state index in [-0.39, 0.29) is 0 Å². The van der Waals surface area contributed by atoms with Crippen molar-refractivity contribution in [3.05, 3.63) is 78.0 Å². The molecular weight excluding hydrogens is 318 g/mol. The number of benzene rings is 3. The van der Waals surface area contributed by atoms with Gasteiger partial charge in [-0.2, -0.15) is 0 Å². The summed E-state index contributed by atoms with van der Waals surface area (Å²) in [6.07, 6.45) is 2.11. The Morgan fingerprint density at radius 3 is 2.54 bits per heavy atom.